The van der Waals surface area contributed by atoms with Crippen LogP contribution in [0.4, 0.5) is 0 Å². The Morgan fingerprint density at radius 2 is 1.57 bits per heavy atom. The van der Waals surface area contributed by atoms with Gasteiger partial charge in [-0.25, -0.2) is 0 Å². The molecule has 2 fully saturated rings. The SMILES string of the molecule is CC[C@H]1OC(=O)[C@H](C)[C@@H](C2C[C@@](C)(OC)[C@@H](O)[C@H](C)O2)[C@H](C)[C@@H](C)[C@](C)(O)C[C@@H](C)/C(=N\[I-]OC)[C@H](C)[C@@H](O)[C@]1(C)O. The molecule has 2 aliphatic heterocycles. The third-order valence-corrected chi connectivity index (χ3v) is 11.7. The Balaban J connectivity index is 2.70. The second-order valence-electron chi connectivity index (χ2n) is 13.5. The van der Waals surface area contributed by atoms with Crippen molar-refractivity contribution in [1.82, 2.24) is 0 Å². The van der Waals surface area contributed by atoms with E-state index in [9.17, 15) is 25.2 Å². The maximum atomic E-state index is 13.9. The fourth-order valence-electron chi connectivity index (χ4n) is 7.33. The first-order valence-electron chi connectivity index (χ1n) is 15.3. The Bertz CT molecular complexity index is 930. The molecule has 2 rings (SSSR count). The van der Waals surface area contributed by atoms with Gasteiger partial charge in [-0.15, -0.1) is 0 Å². The van der Waals surface area contributed by atoms with Gasteiger partial charge < -0.3 is 5.11 Å². The van der Waals surface area contributed by atoms with E-state index >= 15 is 0 Å². The van der Waals surface area contributed by atoms with Crippen molar-refractivity contribution in [3.63, 3.8) is 0 Å². The van der Waals surface area contributed by atoms with Crippen LogP contribution in [0, 0.1) is 35.5 Å². The molecule has 0 saturated carbocycles. The third kappa shape index (κ3) is 7.86. The molecule has 248 valence electrons. The van der Waals surface area contributed by atoms with E-state index in [1.807, 2.05) is 34.6 Å². The molecule has 14 atom stereocenters. The van der Waals surface area contributed by atoms with E-state index in [4.69, 9.17) is 20.5 Å². The molecule has 0 spiro atoms. The minimum absolute atomic E-state index is 0.221. The first kappa shape index (κ1) is 37.8. The number of aliphatic hydroxyl groups is 4. The Labute approximate surface area is 264 Å². The number of esters is 1. The molecule has 0 radical (unpaired) electrons. The predicted octanol–water partition coefficient (Wildman–Crippen LogP) is 0.321. The molecule has 1 unspecified atom stereocenters. The molecule has 2 saturated heterocycles. The van der Waals surface area contributed by atoms with Crippen LogP contribution >= 0.6 is 0 Å². The zero-order valence-corrected chi connectivity index (χ0v) is 29.8. The second-order valence-corrected chi connectivity index (χ2v) is 15.3. The Kier molecular flexibility index (Phi) is 13.3. The van der Waals surface area contributed by atoms with Crippen LogP contribution in [0.1, 0.15) is 88.5 Å². The second kappa shape index (κ2) is 14.8. The van der Waals surface area contributed by atoms with Gasteiger partial charge in [0, 0.05) is 7.11 Å². The molecule has 10 nitrogen and oxygen atoms in total. The number of cyclic esters (lactones) is 1. The first-order valence-corrected chi connectivity index (χ1v) is 17.1. The van der Waals surface area contributed by atoms with Crippen molar-refractivity contribution < 1.29 is 64.4 Å². The van der Waals surface area contributed by atoms with Crippen molar-refractivity contribution in [2.45, 2.75) is 136 Å². The maximum absolute atomic E-state index is 13.9. The number of carbonyl (C=O) groups is 1. The van der Waals surface area contributed by atoms with Gasteiger partial charge in [-0.1, -0.05) is 0 Å². The Morgan fingerprint density at radius 3 is 2.10 bits per heavy atom. The number of hydrogen-bond acceptors (Lipinski definition) is 10. The summed E-state index contributed by atoms with van der Waals surface area (Å²) in [5.74, 6) is -2.94. The van der Waals surface area contributed by atoms with E-state index in [-0.39, 0.29) is 17.8 Å². The average molecular weight is 715 g/mol. The van der Waals surface area contributed by atoms with Crippen LogP contribution in [0.2, 0.25) is 0 Å². The number of aliphatic hydroxyl groups excluding tert-OH is 2. The van der Waals surface area contributed by atoms with Crippen molar-refractivity contribution in [3.05, 3.63) is 0 Å². The average Bonchev–Trinajstić information content (AvgIpc) is 2.92. The van der Waals surface area contributed by atoms with Gasteiger partial charge in [0.05, 0.1) is 0 Å². The Morgan fingerprint density at radius 1 is 0.976 bits per heavy atom. The van der Waals surface area contributed by atoms with E-state index < -0.39 is 92.9 Å². The molecule has 11 heteroatoms. The van der Waals surface area contributed by atoms with Crippen molar-refractivity contribution in [3.8, 4) is 0 Å². The van der Waals surface area contributed by atoms with Crippen molar-refractivity contribution in [2.75, 3.05) is 14.2 Å². The van der Waals surface area contributed by atoms with Crippen molar-refractivity contribution >= 4 is 11.7 Å². The van der Waals surface area contributed by atoms with Crippen molar-refractivity contribution in [2.24, 2.45) is 38.7 Å². The molecule has 0 aliphatic carbocycles. The number of carbonyl (C=O) groups excluding carboxylic acids is 1. The molecule has 0 bridgehead atoms. The van der Waals surface area contributed by atoms with Crippen LogP contribution in [0.5, 0.6) is 0 Å². The Hall–Kier alpha value is -0.410. The van der Waals surface area contributed by atoms with E-state index in [1.165, 1.54) is 6.92 Å². The summed E-state index contributed by atoms with van der Waals surface area (Å²) in [4.78, 5) is 13.9. The number of halogens is 1. The fraction of sp³-hybridized carbons (Fsp3) is 0.935. The zero-order valence-electron chi connectivity index (χ0n) is 27.6. The molecule has 2 heterocycles. The zero-order chi connectivity index (χ0) is 32.4. The molecular formula is C31H57INO9-. The molecular weight excluding hydrogens is 657 g/mol. The van der Waals surface area contributed by atoms with Gasteiger partial charge >= 0.3 is 253 Å². The summed E-state index contributed by atoms with van der Waals surface area (Å²) in [6, 6.07) is 0. The van der Waals surface area contributed by atoms with Gasteiger partial charge in [-0.2, -0.15) is 0 Å². The predicted molar refractivity (Wildman–Crippen MR) is 156 cm³/mol. The molecule has 0 aromatic heterocycles. The summed E-state index contributed by atoms with van der Waals surface area (Å²) in [5.41, 5.74) is -3.18. The number of rotatable bonds is 5. The molecule has 2 aliphatic rings. The van der Waals surface area contributed by atoms with E-state index in [0.29, 0.717) is 25.0 Å². The molecule has 0 aromatic rings. The van der Waals surface area contributed by atoms with Crippen LogP contribution in [-0.4, -0.2) is 93.6 Å². The van der Waals surface area contributed by atoms with Crippen LogP contribution in [0.3, 0.4) is 0 Å². The number of nitrogens with zero attached hydrogens (tertiary/aromatic N) is 1. The van der Waals surface area contributed by atoms with Crippen LogP contribution in [0.15, 0.2) is 3.21 Å². The number of hydrogen-bond donors (Lipinski definition) is 4. The van der Waals surface area contributed by atoms with Gasteiger partial charge in [0.1, 0.15) is 0 Å². The van der Waals surface area contributed by atoms with Crippen LogP contribution < -0.4 is 21.9 Å². The topological polar surface area (TPSA) is 147 Å². The fourth-order valence-corrected chi connectivity index (χ4v) is 8.67. The number of methoxy groups -OCH3 is 1. The van der Waals surface area contributed by atoms with Gasteiger partial charge in [-0.05, 0) is 0 Å². The molecule has 0 aromatic carbocycles. The monoisotopic (exact) mass is 714 g/mol. The standard InChI is InChI=1S/C31H57INO9/c1-13-23-31(10,38)26(34)19(5)25(33-32-40-12)16(2)14-29(8,37)20(6)17(3)24(18(4)28(36)42-23)22-15-30(9,39-11)27(35)21(7)41-22/h16-24,26-27,34-35,37-38H,13-15H2,1-12H3/q-1/b33-25+/t16-,17-,18-,19+,20-,21+,22?,23-,24+,26-,27+,29-,30-,31-/m1/s1. The molecule has 42 heavy (non-hydrogen) atoms. The van der Waals surface area contributed by atoms with Crippen LogP contribution in [0.25, 0.3) is 0 Å². The molecule has 4 N–H and O–H groups in total. The minimum atomic E-state index is -1.77. The summed E-state index contributed by atoms with van der Waals surface area (Å²) in [5, 5.41) is 46.0. The van der Waals surface area contributed by atoms with E-state index in [0.717, 1.165) is 0 Å². The van der Waals surface area contributed by atoms with Crippen molar-refractivity contribution in [1.29, 1.82) is 0 Å². The third-order valence-electron chi connectivity index (χ3n) is 10.5. The quantitative estimate of drug-likeness (QED) is 0.234. The summed E-state index contributed by atoms with van der Waals surface area (Å²) in [6.07, 6.45) is -3.17. The summed E-state index contributed by atoms with van der Waals surface area (Å²) in [7, 11) is 3.14. The normalized spacial score (nSPS) is 49.5. The number of ether oxygens (including phenoxy) is 3. The summed E-state index contributed by atoms with van der Waals surface area (Å²) >= 11 is -0.999. The first-order chi connectivity index (χ1) is 19.3. The van der Waals surface area contributed by atoms with Crippen LogP contribution in [-0.2, 0) is 22.1 Å². The van der Waals surface area contributed by atoms with E-state index in [1.54, 1.807) is 41.9 Å². The van der Waals surface area contributed by atoms with E-state index in [2.05, 4.69) is 0 Å². The van der Waals surface area contributed by atoms with Gasteiger partial charge in [0.2, 0.25) is 0 Å². The molecule has 0 amide bonds. The van der Waals surface area contributed by atoms with Gasteiger partial charge in [0.25, 0.3) is 0 Å². The summed E-state index contributed by atoms with van der Waals surface area (Å²) < 4.78 is 28.2. The van der Waals surface area contributed by atoms with Gasteiger partial charge in [0.15, 0.2) is 0 Å². The van der Waals surface area contributed by atoms with Gasteiger partial charge in [-0.3, -0.25) is 0 Å². The summed E-state index contributed by atoms with van der Waals surface area (Å²) in [6.45, 7) is 18.3.